The van der Waals surface area contributed by atoms with Gasteiger partial charge in [-0.15, -0.1) is 0 Å². The van der Waals surface area contributed by atoms with E-state index in [1.807, 2.05) is 69.3 Å². The number of nitrogens with one attached hydrogen (secondary N) is 1. The van der Waals surface area contributed by atoms with Gasteiger partial charge in [0.2, 0.25) is 0 Å². The maximum Gasteiger partial charge on any atom is 0.255 e. The van der Waals surface area contributed by atoms with Crippen molar-refractivity contribution in [3.8, 4) is 16.9 Å². The van der Waals surface area contributed by atoms with E-state index in [2.05, 4.69) is 5.32 Å². The van der Waals surface area contributed by atoms with Gasteiger partial charge in [-0.05, 0) is 62.1 Å². The van der Waals surface area contributed by atoms with Crippen LogP contribution in [0.3, 0.4) is 0 Å². The summed E-state index contributed by atoms with van der Waals surface area (Å²) in [5.74, 6) is -0.459. The second-order valence-electron chi connectivity index (χ2n) is 8.57. The average Bonchev–Trinajstić information content (AvgIpc) is 2.75. The maximum atomic E-state index is 12.2. The van der Waals surface area contributed by atoms with Crippen LogP contribution in [0, 0.1) is 0 Å². The molecule has 0 aliphatic heterocycles. The zero-order valence-electron chi connectivity index (χ0n) is 18.4. The molecule has 3 aromatic rings. The molecular weight excluding hydrogens is 426 g/mol. The monoisotopic (exact) mass is 453 g/mol. The zero-order valence-corrected chi connectivity index (χ0v) is 19.2. The van der Waals surface area contributed by atoms with E-state index in [-0.39, 0.29) is 17.2 Å². The summed E-state index contributed by atoms with van der Waals surface area (Å²) in [7, 11) is 0. The van der Waals surface area contributed by atoms with Crippen LogP contribution in [0.4, 0.5) is 0 Å². The number of benzene rings is 3. The fourth-order valence-corrected chi connectivity index (χ4v) is 3.38. The van der Waals surface area contributed by atoms with Crippen LogP contribution in [0.15, 0.2) is 66.7 Å². The van der Waals surface area contributed by atoms with Gasteiger partial charge in [0, 0.05) is 17.1 Å². The van der Waals surface area contributed by atoms with Crippen molar-refractivity contribution >= 4 is 17.5 Å². The summed E-state index contributed by atoms with van der Waals surface area (Å²) in [6.45, 7) is 6.14. The van der Waals surface area contributed by atoms with E-state index in [1.165, 1.54) is 18.2 Å². The Labute approximate surface area is 193 Å². The second kappa shape index (κ2) is 10.2. The van der Waals surface area contributed by atoms with Gasteiger partial charge in [0.1, 0.15) is 5.75 Å². The number of halogens is 1. The molecule has 0 aliphatic rings. The first kappa shape index (κ1) is 23.8. The molecule has 0 saturated heterocycles. The molecule has 6 heteroatoms. The van der Waals surface area contributed by atoms with Gasteiger partial charge in [-0.1, -0.05) is 60.1 Å². The second-order valence-corrected chi connectivity index (χ2v) is 9.01. The van der Waals surface area contributed by atoms with Crippen LogP contribution >= 0.6 is 11.6 Å². The summed E-state index contributed by atoms with van der Waals surface area (Å²) >= 11 is 5.90. The molecule has 32 heavy (non-hydrogen) atoms. The van der Waals surface area contributed by atoms with E-state index in [0.717, 1.165) is 16.7 Å². The van der Waals surface area contributed by atoms with Crippen molar-refractivity contribution in [2.45, 2.75) is 39.1 Å². The van der Waals surface area contributed by atoms with Gasteiger partial charge in [-0.2, -0.15) is 0 Å². The Bertz CT molecular complexity index is 1060. The number of aliphatic hydroxyl groups excluding tert-OH is 1. The average molecular weight is 454 g/mol. The first-order valence-electron chi connectivity index (χ1n) is 10.4. The third kappa shape index (κ3) is 6.57. The minimum Gasteiger partial charge on any atom is -0.507 e. The Hall–Kier alpha value is -2.86. The van der Waals surface area contributed by atoms with Crippen LogP contribution in [0.5, 0.6) is 5.75 Å². The number of rotatable bonds is 7. The fourth-order valence-electron chi connectivity index (χ4n) is 3.21. The number of aliphatic hydroxyl groups is 1. The number of phenolic OH excluding ortho intramolecular Hbond substituents is 1. The van der Waals surface area contributed by atoms with Crippen LogP contribution in [-0.2, 0) is 11.2 Å². The molecule has 0 radical (unpaired) electrons. The van der Waals surface area contributed by atoms with Gasteiger partial charge in [-0.3, -0.25) is 4.79 Å². The summed E-state index contributed by atoms with van der Waals surface area (Å²) in [5, 5.41) is 23.2. The minimum absolute atomic E-state index is 0.0974. The van der Waals surface area contributed by atoms with Crippen molar-refractivity contribution in [3.05, 3.63) is 88.4 Å². The SMILES string of the molecule is CC(C)(C)OC(O)c1ccc(-c2ccc(CCNC(=O)c3cc(Cl)ccc3O)cc2)cc1. The molecule has 1 amide bonds. The topological polar surface area (TPSA) is 78.8 Å². The van der Waals surface area contributed by atoms with Crippen molar-refractivity contribution in [2.24, 2.45) is 0 Å². The lowest BCUT2D eigenvalue weighted by molar-refractivity contribution is -0.169. The van der Waals surface area contributed by atoms with Gasteiger partial charge in [0.15, 0.2) is 6.29 Å². The fraction of sp³-hybridized carbons (Fsp3) is 0.269. The van der Waals surface area contributed by atoms with E-state index in [1.54, 1.807) is 0 Å². The molecule has 0 bridgehead atoms. The number of hydrogen-bond acceptors (Lipinski definition) is 4. The molecular formula is C26H28ClNO4. The minimum atomic E-state index is -0.963. The normalized spacial score (nSPS) is 12.4. The number of aromatic hydroxyl groups is 1. The van der Waals surface area contributed by atoms with Crippen molar-refractivity contribution in [3.63, 3.8) is 0 Å². The third-order valence-electron chi connectivity index (χ3n) is 4.85. The molecule has 0 heterocycles. The van der Waals surface area contributed by atoms with Crippen LogP contribution in [0.1, 0.15) is 48.5 Å². The van der Waals surface area contributed by atoms with Crippen LogP contribution in [-0.4, -0.2) is 28.3 Å². The molecule has 0 fully saturated rings. The first-order chi connectivity index (χ1) is 15.1. The highest BCUT2D eigenvalue weighted by molar-refractivity contribution is 6.31. The molecule has 168 valence electrons. The van der Waals surface area contributed by atoms with Crippen molar-refractivity contribution in [1.29, 1.82) is 0 Å². The Balaban J connectivity index is 1.56. The zero-order chi connectivity index (χ0) is 23.3. The molecule has 1 atom stereocenters. The summed E-state index contributed by atoms with van der Waals surface area (Å²) < 4.78 is 5.59. The molecule has 1 unspecified atom stereocenters. The van der Waals surface area contributed by atoms with E-state index >= 15 is 0 Å². The lowest BCUT2D eigenvalue weighted by Gasteiger charge is -2.24. The molecule has 3 rings (SSSR count). The number of carbonyl (C=O) groups is 1. The molecule has 3 N–H and O–H groups in total. The first-order valence-corrected chi connectivity index (χ1v) is 10.8. The highest BCUT2D eigenvalue weighted by atomic mass is 35.5. The van der Waals surface area contributed by atoms with E-state index < -0.39 is 11.9 Å². The number of carbonyl (C=O) groups excluding carboxylic acids is 1. The highest BCUT2D eigenvalue weighted by Crippen LogP contribution is 2.26. The summed E-state index contributed by atoms with van der Waals surface area (Å²) in [6, 6.07) is 20.1. The van der Waals surface area contributed by atoms with Gasteiger partial charge < -0.3 is 20.3 Å². The number of ether oxygens (including phenoxy) is 1. The van der Waals surface area contributed by atoms with E-state index in [4.69, 9.17) is 16.3 Å². The van der Waals surface area contributed by atoms with Gasteiger partial charge in [0.25, 0.3) is 5.91 Å². The maximum absolute atomic E-state index is 12.2. The highest BCUT2D eigenvalue weighted by Gasteiger charge is 2.18. The lowest BCUT2D eigenvalue weighted by Crippen LogP contribution is -2.25. The quantitative estimate of drug-likeness (QED) is 0.413. The molecule has 0 aliphatic carbocycles. The molecule has 0 aromatic heterocycles. The Kier molecular flexibility index (Phi) is 7.56. The van der Waals surface area contributed by atoms with Crippen LogP contribution < -0.4 is 5.32 Å². The van der Waals surface area contributed by atoms with Crippen molar-refractivity contribution in [2.75, 3.05) is 6.54 Å². The molecule has 5 nitrogen and oxygen atoms in total. The Morgan fingerprint density at radius 3 is 2.19 bits per heavy atom. The van der Waals surface area contributed by atoms with Gasteiger partial charge in [0.05, 0.1) is 11.2 Å². The van der Waals surface area contributed by atoms with Crippen LogP contribution in [0.2, 0.25) is 5.02 Å². The lowest BCUT2D eigenvalue weighted by atomic mass is 10.0. The molecule has 3 aromatic carbocycles. The Morgan fingerprint density at radius 1 is 1.00 bits per heavy atom. The summed E-state index contributed by atoms with van der Waals surface area (Å²) in [4.78, 5) is 12.2. The standard InChI is InChI=1S/C26H28ClNO4/c1-26(2,3)32-25(31)20-10-8-19(9-11-20)18-6-4-17(5-7-18)14-15-28-24(30)22-16-21(27)12-13-23(22)29/h4-13,16,25,29,31H,14-15H2,1-3H3,(H,28,30). The third-order valence-corrected chi connectivity index (χ3v) is 5.09. The molecule has 0 spiro atoms. The number of hydrogen-bond donors (Lipinski definition) is 3. The van der Waals surface area contributed by atoms with E-state index in [0.29, 0.717) is 23.6 Å². The predicted molar refractivity (Wildman–Crippen MR) is 127 cm³/mol. The summed E-state index contributed by atoms with van der Waals surface area (Å²) in [5.41, 5.74) is 3.61. The predicted octanol–water partition coefficient (Wildman–Crippen LogP) is 5.49. The number of amides is 1. The van der Waals surface area contributed by atoms with Crippen molar-refractivity contribution < 1.29 is 19.7 Å². The van der Waals surface area contributed by atoms with Gasteiger partial charge >= 0.3 is 0 Å². The van der Waals surface area contributed by atoms with Gasteiger partial charge in [-0.25, -0.2) is 0 Å². The van der Waals surface area contributed by atoms with Crippen LogP contribution in [0.25, 0.3) is 11.1 Å². The van der Waals surface area contributed by atoms with E-state index in [9.17, 15) is 15.0 Å². The van der Waals surface area contributed by atoms with Crippen molar-refractivity contribution in [1.82, 2.24) is 5.32 Å². The number of phenols is 1. The largest absolute Gasteiger partial charge is 0.507 e. The Morgan fingerprint density at radius 2 is 1.59 bits per heavy atom. The smallest absolute Gasteiger partial charge is 0.255 e. The molecule has 0 saturated carbocycles. The summed E-state index contributed by atoms with van der Waals surface area (Å²) in [6.07, 6.45) is -0.307.